The van der Waals surface area contributed by atoms with Gasteiger partial charge in [0.15, 0.2) is 5.82 Å². The number of ether oxygens (including phenoxy) is 2. The molecule has 0 bridgehead atoms. The van der Waals surface area contributed by atoms with Crippen molar-refractivity contribution in [3.8, 4) is 5.88 Å². The van der Waals surface area contributed by atoms with Gasteiger partial charge in [0, 0.05) is 17.1 Å². The lowest BCUT2D eigenvalue weighted by molar-refractivity contribution is 0.127. The smallest absolute Gasteiger partial charge is 0.218 e. The highest BCUT2D eigenvalue weighted by Crippen LogP contribution is 2.17. The molecule has 1 aromatic heterocycles. The second-order valence-electron chi connectivity index (χ2n) is 4.00. The Morgan fingerprint density at radius 1 is 1.20 bits per heavy atom. The monoisotopic (exact) mass is 356 g/mol. The van der Waals surface area contributed by atoms with Gasteiger partial charge in [0.05, 0.1) is 0 Å². The zero-order valence-electron chi connectivity index (χ0n) is 11.0. The Morgan fingerprint density at radius 2 is 2.05 bits per heavy atom. The number of halogens is 2. The summed E-state index contributed by atoms with van der Waals surface area (Å²) in [5.74, 6) is 0.961. The Kier molecular flexibility index (Phi) is 5.76. The minimum Gasteiger partial charge on any atom is -0.473 e. The molecule has 0 amide bonds. The number of hydrogen-bond donors (Lipinski definition) is 0. The predicted molar refractivity (Wildman–Crippen MR) is 80.8 cm³/mol. The summed E-state index contributed by atoms with van der Waals surface area (Å²) in [4.78, 5) is 8.34. The number of hydrogen-bond acceptors (Lipinski definition) is 4. The third kappa shape index (κ3) is 4.74. The number of rotatable bonds is 6. The minimum atomic E-state index is 0.324. The predicted octanol–water partition coefficient (Wildman–Crippen LogP) is 4.01. The maximum Gasteiger partial charge on any atom is 0.218 e. The summed E-state index contributed by atoms with van der Waals surface area (Å²) >= 11 is 9.36. The molecular formula is C14H14BrClN2O2. The molecule has 1 heterocycles. The van der Waals surface area contributed by atoms with E-state index in [1.165, 1.54) is 0 Å². The summed E-state index contributed by atoms with van der Waals surface area (Å²) in [6.45, 7) is 3.25. The molecule has 106 valence electrons. The molecule has 2 aromatic rings. The summed E-state index contributed by atoms with van der Waals surface area (Å²) in [7, 11) is 0. The number of benzene rings is 1. The highest BCUT2D eigenvalue weighted by atomic mass is 79.9. The van der Waals surface area contributed by atoms with Gasteiger partial charge in [-0.3, -0.25) is 0 Å². The summed E-state index contributed by atoms with van der Waals surface area (Å²) in [5, 5.41) is 0.346. The van der Waals surface area contributed by atoms with Crippen LogP contribution >= 0.6 is 27.5 Å². The van der Waals surface area contributed by atoms with Gasteiger partial charge in [-0.25, -0.2) is 4.98 Å². The van der Waals surface area contributed by atoms with E-state index in [4.69, 9.17) is 21.1 Å². The second kappa shape index (κ2) is 7.57. The molecule has 0 spiro atoms. The SMILES string of the molecule is CCOCc1nc(Cl)cc(OCc2cccc(Br)c2)n1. The van der Waals surface area contributed by atoms with E-state index in [-0.39, 0.29) is 0 Å². The fraction of sp³-hybridized carbons (Fsp3) is 0.286. The van der Waals surface area contributed by atoms with Gasteiger partial charge in [0.2, 0.25) is 5.88 Å². The molecule has 0 aliphatic carbocycles. The molecule has 0 aliphatic rings. The van der Waals surface area contributed by atoms with Crippen molar-refractivity contribution in [3.63, 3.8) is 0 Å². The molecule has 0 saturated heterocycles. The zero-order chi connectivity index (χ0) is 14.4. The normalized spacial score (nSPS) is 10.6. The molecule has 0 unspecified atom stereocenters. The summed E-state index contributed by atoms with van der Waals surface area (Å²) < 4.78 is 11.9. The number of aromatic nitrogens is 2. The van der Waals surface area contributed by atoms with Crippen LogP contribution in [-0.2, 0) is 18.0 Å². The Labute approximate surface area is 131 Å². The molecule has 0 saturated carbocycles. The Hall–Kier alpha value is -1.17. The van der Waals surface area contributed by atoms with Gasteiger partial charge >= 0.3 is 0 Å². The van der Waals surface area contributed by atoms with Crippen molar-refractivity contribution in [2.75, 3.05) is 6.61 Å². The van der Waals surface area contributed by atoms with E-state index in [1.54, 1.807) is 6.07 Å². The first kappa shape index (κ1) is 15.2. The first-order chi connectivity index (χ1) is 9.67. The van der Waals surface area contributed by atoms with Gasteiger partial charge < -0.3 is 9.47 Å². The van der Waals surface area contributed by atoms with Crippen molar-refractivity contribution in [1.29, 1.82) is 0 Å². The third-order valence-corrected chi connectivity index (χ3v) is 3.12. The topological polar surface area (TPSA) is 44.2 Å². The molecule has 2 rings (SSSR count). The lowest BCUT2D eigenvalue weighted by Crippen LogP contribution is -2.03. The van der Waals surface area contributed by atoms with Crippen molar-refractivity contribution < 1.29 is 9.47 Å². The molecular weight excluding hydrogens is 344 g/mol. The van der Waals surface area contributed by atoms with Crippen molar-refractivity contribution in [1.82, 2.24) is 9.97 Å². The van der Waals surface area contributed by atoms with Gasteiger partial charge in [-0.1, -0.05) is 39.7 Å². The molecule has 20 heavy (non-hydrogen) atoms. The average Bonchev–Trinajstić information content (AvgIpc) is 2.42. The van der Waals surface area contributed by atoms with Crippen molar-refractivity contribution >= 4 is 27.5 Å². The van der Waals surface area contributed by atoms with E-state index in [9.17, 15) is 0 Å². The van der Waals surface area contributed by atoms with E-state index in [2.05, 4.69) is 25.9 Å². The Bertz CT molecular complexity index is 581. The summed E-state index contributed by atoms with van der Waals surface area (Å²) in [5.41, 5.74) is 1.04. The molecule has 0 aliphatic heterocycles. The molecule has 0 fully saturated rings. The third-order valence-electron chi connectivity index (χ3n) is 2.43. The lowest BCUT2D eigenvalue weighted by Gasteiger charge is -2.08. The van der Waals surface area contributed by atoms with Gasteiger partial charge in [-0.2, -0.15) is 4.98 Å². The van der Waals surface area contributed by atoms with E-state index in [0.29, 0.717) is 36.7 Å². The highest BCUT2D eigenvalue weighted by Gasteiger charge is 2.05. The van der Waals surface area contributed by atoms with Crippen LogP contribution in [0.5, 0.6) is 5.88 Å². The van der Waals surface area contributed by atoms with E-state index >= 15 is 0 Å². The Balaban J connectivity index is 2.03. The van der Waals surface area contributed by atoms with Crippen LogP contribution in [0.15, 0.2) is 34.8 Å². The van der Waals surface area contributed by atoms with Gasteiger partial charge in [-0.05, 0) is 24.6 Å². The van der Waals surface area contributed by atoms with Crippen LogP contribution < -0.4 is 4.74 Å². The fourth-order valence-corrected chi connectivity index (χ4v) is 2.20. The average molecular weight is 358 g/mol. The van der Waals surface area contributed by atoms with Crippen LogP contribution in [0.3, 0.4) is 0 Å². The molecule has 0 atom stereocenters. The van der Waals surface area contributed by atoms with E-state index in [0.717, 1.165) is 10.0 Å². The van der Waals surface area contributed by atoms with Gasteiger partial charge in [0.25, 0.3) is 0 Å². The molecule has 6 heteroatoms. The Morgan fingerprint density at radius 3 is 2.80 bits per heavy atom. The number of nitrogens with zero attached hydrogens (tertiary/aromatic N) is 2. The fourth-order valence-electron chi connectivity index (χ4n) is 1.56. The lowest BCUT2D eigenvalue weighted by atomic mass is 10.2. The molecule has 1 aromatic carbocycles. The maximum absolute atomic E-state index is 5.94. The van der Waals surface area contributed by atoms with Crippen LogP contribution in [0, 0.1) is 0 Å². The van der Waals surface area contributed by atoms with Gasteiger partial charge in [-0.15, -0.1) is 0 Å². The van der Waals surface area contributed by atoms with Crippen LogP contribution in [0.4, 0.5) is 0 Å². The van der Waals surface area contributed by atoms with Crippen LogP contribution in [0.1, 0.15) is 18.3 Å². The second-order valence-corrected chi connectivity index (χ2v) is 5.30. The first-order valence-electron chi connectivity index (χ1n) is 6.16. The maximum atomic E-state index is 5.94. The van der Waals surface area contributed by atoms with Gasteiger partial charge in [0.1, 0.15) is 18.4 Å². The van der Waals surface area contributed by atoms with Crippen molar-refractivity contribution in [2.24, 2.45) is 0 Å². The van der Waals surface area contributed by atoms with Crippen molar-refractivity contribution in [3.05, 3.63) is 51.3 Å². The van der Waals surface area contributed by atoms with E-state index < -0.39 is 0 Å². The van der Waals surface area contributed by atoms with Crippen LogP contribution in [0.2, 0.25) is 5.15 Å². The van der Waals surface area contributed by atoms with Crippen LogP contribution in [0.25, 0.3) is 0 Å². The first-order valence-corrected chi connectivity index (χ1v) is 7.33. The molecule has 0 radical (unpaired) electrons. The summed E-state index contributed by atoms with van der Waals surface area (Å²) in [6, 6.07) is 9.48. The quantitative estimate of drug-likeness (QED) is 0.733. The van der Waals surface area contributed by atoms with Crippen molar-refractivity contribution in [2.45, 2.75) is 20.1 Å². The highest BCUT2D eigenvalue weighted by molar-refractivity contribution is 9.10. The largest absolute Gasteiger partial charge is 0.473 e. The standard InChI is InChI=1S/C14H14BrClN2O2/c1-2-19-9-13-17-12(16)7-14(18-13)20-8-10-4-3-5-11(15)6-10/h3-7H,2,8-9H2,1H3. The minimum absolute atomic E-state index is 0.324. The summed E-state index contributed by atoms with van der Waals surface area (Å²) in [6.07, 6.45) is 0. The zero-order valence-corrected chi connectivity index (χ0v) is 13.3. The molecule has 4 nitrogen and oxygen atoms in total. The van der Waals surface area contributed by atoms with Crippen LogP contribution in [-0.4, -0.2) is 16.6 Å². The molecule has 0 N–H and O–H groups in total. The van der Waals surface area contributed by atoms with E-state index in [1.807, 2.05) is 31.2 Å².